The van der Waals surface area contributed by atoms with Gasteiger partial charge < -0.3 is 10.0 Å². The molecule has 9 nitrogen and oxygen atoms in total. The predicted molar refractivity (Wildman–Crippen MR) is 115 cm³/mol. The molecular formula is C22H21N7O2. The van der Waals surface area contributed by atoms with E-state index in [2.05, 4.69) is 30.6 Å². The zero-order valence-electron chi connectivity index (χ0n) is 16.9. The van der Waals surface area contributed by atoms with Gasteiger partial charge in [0, 0.05) is 36.6 Å². The lowest BCUT2D eigenvalue weighted by molar-refractivity contribution is 0.0697. The number of rotatable bonds is 8. The number of H-pyrrole nitrogens is 1. The van der Waals surface area contributed by atoms with Gasteiger partial charge in [0.1, 0.15) is 11.4 Å². The molecule has 0 saturated heterocycles. The second-order valence-corrected chi connectivity index (χ2v) is 6.93. The number of nitrogens with zero attached hydrogens (tertiary/aromatic N) is 6. The molecule has 9 heteroatoms. The average molecular weight is 415 g/mol. The van der Waals surface area contributed by atoms with Crippen LogP contribution in [-0.2, 0) is 6.54 Å². The van der Waals surface area contributed by atoms with Gasteiger partial charge in [0.05, 0.1) is 5.69 Å². The van der Waals surface area contributed by atoms with Crippen molar-refractivity contribution in [1.29, 1.82) is 0 Å². The molecule has 0 aliphatic carbocycles. The summed E-state index contributed by atoms with van der Waals surface area (Å²) >= 11 is 0. The summed E-state index contributed by atoms with van der Waals surface area (Å²) in [5.74, 6) is -0.0222. The summed E-state index contributed by atoms with van der Waals surface area (Å²) in [5.41, 5.74) is 3.67. The minimum atomic E-state index is -0.990. The van der Waals surface area contributed by atoms with Gasteiger partial charge in [-0.05, 0) is 35.4 Å². The van der Waals surface area contributed by atoms with E-state index in [9.17, 15) is 9.90 Å². The van der Waals surface area contributed by atoms with Crippen LogP contribution >= 0.6 is 0 Å². The summed E-state index contributed by atoms with van der Waals surface area (Å²) in [7, 11) is 0. The van der Waals surface area contributed by atoms with Crippen LogP contribution in [0, 0.1) is 0 Å². The fraction of sp³-hybridized carbons (Fsp3) is 0.182. The molecule has 0 atom stereocenters. The van der Waals surface area contributed by atoms with E-state index in [1.165, 1.54) is 0 Å². The van der Waals surface area contributed by atoms with Crippen molar-refractivity contribution in [3.8, 4) is 22.6 Å². The first-order valence-electron chi connectivity index (χ1n) is 9.88. The van der Waals surface area contributed by atoms with Crippen LogP contribution in [0.1, 0.15) is 29.3 Å². The van der Waals surface area contributed by atoms with Gasteiger partial charge in [0.2, 0.25) is 5.82 Å². The van der Waals surface area contributed by atoms with Crippen LogP contribution in [-0.4, -0.2) is 48.2 Å². The molecule has 0 fully saturated rings. The van der Waals surface area contributed by atoms with Crippen LogP contribution in [0.15, 0.2) is 60.9 Å². The number of tetrazole rings is 1. The van der Waals surface area contributed by atoms with Crippen molar-refractivity contribution in [3.05, 3.63) is 72.1 Å². The first kappa shape index (κ1) is 20.1. The normalized spacial score (nSPS) is 10.7. The van der Waals surface area contributed by atoms with Crippen LogP contribution in [0.5, 0.6) is 0 Å². The van der Waals surface area contributed by atoms with E-state index in [0.29, 0.717) is 24.7 Å². The Morgan fingerprint density at radius 1 is 1.06 bits per heavy atom. The van der Waals surface area contributed by atoms with Gasteiger partial charge in [-0.15, -0.1) is 10.2 Å². The van der Waals surface area contributed by atoms with E-state index in [0.717, 1.165) is 28.8 Å². The van der Waals surface area contributed by atoms with Crippen LogP contribution in [0.3, 0.4) is 0 Å². The van der Waals surface area contributed by atoms with Gasteiger partial charge in [-0.2, -0.15) is 5.21 Å². The van der Waals surface area contributed by atoms with Gasteiger partial charge >= 0.3 is 5.97 Å². The topological polar surface area (TPSA) is 121 Å². The predicted octanol–water partition coefficient (Wildman–Crippen LogP) is 3.44. The highest BCUT2D eigenvalue weighted by atomic mass is 16.4. The van der Waals surface area contributed by atoms with Crippen LogP contribution < -0.4 is 4.90 Å². The fourth-order valence-electron chi connectivity index (χ4n) is 3.42. The number of hydrogen-bond donors (Lipinski definition) is 2. The van der Waals surface area contributed by atoms with Gasteiger partial charge in [-0.25, -0.2) is 9.78 Å². The Kier molecular flexibility index (Phi) is 5.93. The summed E-state index contributed by atoms with van der Waals surface area (Å²) in [5, 5.41) is 23.8. The zero-order valence-corrected chi connectivity index (χ0v) is 16.9. The maximum Gasteiger partial charge on any atom is 0.339 e. The Bertz CT molecular complexity index is 1160. The molecule has 0 aliphatic heterocycles. The number of carbonyl (C=O) groups is 1. The summed E-state index contributed by atoms with van der Waals surface area (Å²) in [6, 6.07) is 14.9. The largest absolute Gasteiger partial charge is 0.478 e. The second-order valence-electron chi connectivity index (χ2n) is 6.93. The zero-order chi connectivity index (χ0) is 21.6. The number of anilines is 1. The van der Waals surface area contributed by atoms with Gasteiger partial charge in [-0.3, -0.25) is 4.98 Å². The van der Waals surface area contributed by atoms with Gasteiger partial charge in [0.25, 0.3) is 0 Å². The lowest BCUT2D eigenvalue weighted by atomic mass is 10.0. The average Bonchev–Trinajstić information content (AvgIpc) is 3.34. The van der Waals surface area contributed by atoms with Crippen molar-refractivity contribution < 1.29 is 9.90 Å². The molecule has 2 N–H and O–H groups in total. The molecule has 3 aromatic heterocycles. The number of aromatic carboxylic acids is 1. The Morgan fingerprint density at radius 2 is 1.90 bits per heavy atom. The van der Waals surface area contributed by atoms with Crippen molar-refractivity contribution in [2.45, 2.75) is 19.9 Å². The van der Waals surface area contributed by atoms with E-state index < -0.39 is 5.97 Å². The van der Waals surface area contributed by atoms with Crippen LogP contribution in [0.2, 0.25) is 0 Å². The third kappa shape index (κ3) is 4.40. The standard InChI is InChI=1S/C22H21N7O2/c1-2-12-29(21-18(22(30)31)8-5-11-23-21)14-15-9-10-19(24-13-15)16-6-3-4-7-17(16)20-25-27-28-26-20/h3-11,13H,2,12,14H2,1H3,(H,30,31)(H,25,26,27,28). The van der Waals surface area contributed by atoms with E-state index in [1.807, 2.05) is 48.2 Å². The Morgan fingerprint density at radius 3 is 2.58 bits per heavy atom. The molecular weight excluding hydrogens is 394 g/mol. The molecule has 0 aliphatic rings. The number of pyridine rings is 2. The summed E-state index contributed by atoms with van der Waals surface area (Å²) in [4.78, 5) is 22.5. The number of carboxylic acids is 1. The SMILES string of the molecule is CCCN(Cc1ccc(-c2ccccc2-c2nn[nH]n2)nc1)c1ncccc1C(=O)O. The first-order valence-corrected chi connectivity index (χ1v) is 9.88. The van der Waals surface area contributed by atoms with Crippen molar-refractivity contribution in [2.24, 2.45) is 0 Å². The van der Waals surface area contributed by atoms with Crippen molar-refractivity contribution in [3.63, 3.8) is 0 Å². The highest BCUT2D eigenvalue weighted by molar-refractivity contribution is 5.93. The van der Waals surface area contributed by atoms with Crippen molar-refractivity contribution in [1.82, 2.24) is 30.6 Å². The number of hydrogen-bond acceptors (Lipinski definition) is 7. The molecule has 0 amide bonds. The smallest absolute Gasteiger partial charge is 0.339 e. The number of nitrogens with one attached hydrogen (secondary N) is 1. The molecule has 1 aromatic carbocycles. The van der Waals surface area contributed by atoms with E-state index in [4.69, 9.17) is 0 Å². The quantitative estimate of drug-likeness (QED) is 0.449. The maximum absolute atomic E-state index is 11.6. The third-order valence-electron chi connectivity index (χ3n) is 4.80. The lowest BCUT2D eigenvalue weighted by Crippen LogP contribution is -2.26. The molecule has 0 bridgehead atoms. The number of benzene rings is 1. The second kappa shape index (κ2) is 9.12. The van der Waals surface area contributed by atoms with Crippen molar-refractivity contribution >= 4 is 11.8 Å². The number of carboxylic acid groups (broad SMARTS) is 1. The number of aromatic amines is 1. The van der Waals surface area contributed by atoms with Crippen molar-refractivity contribution in [2.75, 3.05) is 11.4 Å². The van der Waals surface area contributed by atoms with E-state index in [-0.39, 0.29) is 5.56 Å². The van der Waals surface area contributed by atoms with Gasteiger partial charge in [-0.1, -0.05) is 37.3 Å². The number of aromatic nitrogens is 6. The lowest BCUT2D eigenvalue weighted by Gasteiger charge is -2.24. The van der Waals surface area contributed by atoms with E-state index >= 15 is 0 Å². The summed E-state index contributed by atoms with van der Waals surface area (Å²) in [6.45, 7) is 3.23. The summed E-state index contributed by atoms with van der Waals surface area (Å²) in [6.07, 6.45) is 4.27. The highest BCUT2D eigenvalue weighted by Crippen LogP contribution is 2.28. The molecule has 3 heterocycles. The van der Waals surface area contributed by atoms with Gasteiger partial charge in [0.15, 0.2) is 0 Å². The Hall–Kier alpha value is -4.14. The van der Waals surface area contributed by atoms with Crippen LogP contribution in [0.4, 0.5) is 5.82 Å². The Balaban J connectivity index is 1.61. The molecule has 4 rings (SSSR count). The van der Waals surface area contributed by atoms with Crippen LogP contribution in [0.25, 0.3) is 22.6 Å². The minimum absolute atomic E-state index is 0.189. The monoisotopic (exact) mass is 415 g/mol. The molecule has 156 valence electrons. The van der Waals surface area contributed by atoms with E-state index in [1.54, 1.807) is 24.5 Å². The molecule has 0 unspecified atom stereocenters. The Labute approximate surface area is 178 Å². The minimum Gasteiger partial charge on any atom is -0.478 e. The maximum atomic E-state index is 11.6. The summed E-state index contributed by atoms with van der Waals surface area (Å²) < 4.78 is 0. The molecule has 4 aromatic rings. The fourth-order valence-corrected chi connectivity index (χ4v) is 3.42. The third-order valence-corrected chi connectivity index (χ3v) is 4.80. The molecule has 0 saturated carbocycles. The molecule has 0 spiro atoms. The molecule has 31 heavy (non-hydrogen) atoms. The molecule has 0 radical (unpaired) electrons. The highest BCUT2D eigenvalue weighted by Gasteiger charge is 2.17. The first-order chi connectivity index (χ1) is 15.2.